The van der Waals surface area contributed by atoms with Crippen LogP contribution in [-0.4, -0.2) is 5.78 Å². The molecule has 1 nitrogen and oxygen atoms in total. The van der Waals surface area contributed by atoms with Crippen molar-refractivity contribution in [2.45, 2.75) is 79.1 Å². The summed E-state index contributed by atoms with van der Waals surface area (Å²) < 4.78 is 0. The van der Waals surface area contributed by atoms with Crippen LogP contribution in [-0.2, 0) is 0 Å². The largest absolute Gasteiger partial charge is 0.289 e. The first kappa shape index (κ1) is 20.4. The number of hydrogen-bond donors (Lipinski definition) is 0. The van der Waals surface area contributed by atoms with Crippen LogP contribution in [0.1, 0.15) is 117 Å². The maximum absolute atomic E-state index is 13.6. The van der Waals surface area contributed by atoms with E-state index in [-0.39, 0.29) is 5.78 Å². The van der Waals surface area contributed by atoms with Gasteiger partial charge in [0.05, 0.1) is 0 Å². The molecule has 140 valence electrons. The number of rotatable bonds is 6. The molecule has 0 radical (unpaired) electrons. The number of carbonyl (C=O) groups is 1. The Morgan fingerprint density at radius 3 is 1.19 bits per heavy atom. The highest BCUT2D eigenvalue weighted by Crippen LogP contribution is 2.34. The normalized spacial score (nSPS) is 11.8. The quantitative estimate of drug-likeness (QED) is 0.496. The van der Waals surface area contributed by atoms with E-state index in [2.05, 4.69) is 67.5 Å². The Balaban J connectivity index is 2.72. The summed E-state index contributed by atoms with van der Waals surface area (Å²) in [7, 11) is 0. The maximum Gasteiger partial charge on any atom is 0.193 e. The second kappa shape index (κ2) is 8.20. The first-order valence-corrected chi connectivity index (χ1v) is 9.97. The lowest BCUT2D eigenvalue weighted by Gasteiger charge is -2.23. The third kappa shape index (κ3) is 3.92. The van der Waals surface area contributed by atoms with Crippen molar-refractivity contribution in [2.24, 2.45) is 0 Å². The molecule has 26 heavy (non-hydrogen) atoms. The molecule has 0 aliphatic rings. The maximum atomic E-state index is 13.6. The highest BCUT2D eigenvalue weighted by atomic mass is 16.1. The molecule has 0 saturated carbocycles. The fraction of sp³-hybridized carbons (Fsp3) is 0.480. The Hall–Kier alpha value is -1.89. The minimum atomic E-state index is 0.169. The summed E-state index contributed by atoms with van der Waals surface area (Å²) >= 11 is 0. The first-order chi connectivity index (χ1) is 12.2. The highest BCUT2D eigenvalue weighted by molar-refractivity contribution is 6.11. The van der Waals surface area contributed by atoms with E-state index < -0.39 is 0 Å². The van der Waals surface area contributed by atoms with Gasteiger partial charge in [0.25, 0.3) is 0 Å². The molecule has 0 spiro atoms. The van der Waals surface area contributed by atoms with Gasteiger partial charge in [-0.05, 0) is 45.9 Å². The molecule has 0 heterocycles. The van der Waals surface area contributed by atoms with Crippen LogP contribution in [0, 0.1) is 0 Å². The standard InChI is InChI=1S/C25H34O/c1-15(2)19-11-9-13-21(23(19)17(5)6)25(26)22-14-10-12-20(16(3)4)24(22)18(7)8/h9-18H,1-8H3. The Morgan fingerprint density at radius 1 is 0.577 bits per heavy atom. The van der Waals surface area contributed by atoms with Crippen LogP contribution in [0.2, 0.25) is 0 Å². The van der Waals surface area contributed by atoms with Crippen molar-refractivity contribution in [1.82, 2.24) is 0 Å². The van der Waals surface area contributed by atoms with Gasteiger partial charge in [-0.1, -0.05) is 91.8 Å². The van der Waals surface area contributed by atoms with Crippen LogP contribution in [0.3, 0.4) is 0 Å². The lowest BCUT2D eigenvalue weighted by molar-refractivity contribution is 0.103. The second-order valence-electron chi connectivity index (χ2n) is 8.56. The fourth-order valence-electron chi connectivity index (χ4n) is 4.00. The summed E-state index contributed by atoms with van der Waals surface area (Å²) in [6.45, 7) is 17.6. The zero-order valence-electron chi connectivity index (χ0n) is 17.7. The number of ketones is 1. The van der Waals surface area contributed by atoms with Crippen molar-refractivity contribution in [3.8, 4) is 0 Å². The van der Waals surface area contributed by atoms with Crippen LogP contribution in [0.4, 0.5) is 0 Å². The van der Waals surface area contributed by atoms with E-state index in [4.69, 9.17) is 0 Å². The topological polar surface area (TPSA) is 17.1 Å². The van der Waals surface area contributed by atoms with Crippen LogP contribution in [0.25, 0.3) is 0 Å². The summed E-state index contributed by atoms with van der Waals surface area (Å²) in [6, 6.07) is 12.4. The zero-order valence-corrected chi connectivity index (χ0v) is 17.7. The van der Waals surface area contributed by atoms with Gasteiger partial charge in [0, 0.05) is 11.1 Å². The monoisotopic (exact) mass is 350 g/mol. The fourth-order valence-corrected chi connectivity index (χ4v) is 4.00. The van der Waals surface area contributed by atoms with Crippen molar-refractivity contribution in [2.75, 3.05) is 0 Å². The molecule has 0 fully saturated rings. The SMILES string of the molecule is CC(C)c1cccc(C(=O)c2cccc(C(C)C)c2C(C)C)c1C(C)C. The van der Waals surface area contributed by atoms with E-state index in [1.807, 2.05) is 24.3 Å². The number of benzene rings is 2. The van der Waals surface area contributed by atoms with Crippen LogP contribution in [0.5, 0.6) is 0 Å². The van der Waals surface area contributed by atoms with Crippen LogP contribution >= 0.6 is 0 Å². The lowest BCUT2D eigenvalue weighted by atomic mass is 9.81. The third-order valence-corrected chi connectivity index (χ3v) is 5.17. The molecule has 2 aromatic rings. The molecule has 0 atom stereocenters. The van der Waals surface area contributed by atoms with Gasteiger partial charge in [0.1, 0.15) is 0 Å². The van der Waals surface area contributed by atoms with Gasteiger partial charge in [-0.15, -0.1) is 0 Å². The van der Waals surface area contributed by atoms with Crippen LogP contribution in [0.15, 0.2) is 36.4 Å². The molecule has 0 aliphatic carbocycles. The lowest BCUT2D eigenvalue weighted by Crippen LogP contribution is -2.14. The minimum absolute atomic E-state index is 0.169. The van der Waals surface area contributed by atoms with Crippen molar-refractivity contribution in [1.29, 1.82) is 0 Å². The van der Waals surface area contributed by atoms with Gasteiger partial charge in [-0.3, -0.25) is 4.79 Å². The summed E-state index contributed by atoms with van der Waals surface area (Å²) in [5.74, 6) is 1.63. The zero-order chi connectivity index (χ0) is 19.6. The van der Waals surface area contributed by atoms with E-state index >= 15 is 0 Å². The molecule has 0 bridgehead atoms. The van der Waals surface area contributed by atoms with Gasteiger partial charge in [0.2, 0.25) is 0 Å². The van der Waals surface area contributed by atoms with Crippen molar-refractivity contribution < 1.29 is 4.79 Å². The van der Waals surface area contributed by atoms with Gasteiger partial charge in [0.15, 0.2) is 5.78 Å². The molecule has 0 saturated heterocycles. The second-order valence-corrected chi connectivity index (χ2v) is 8.56. The molecule has 1 heteroatoms. The summed E-state index contributed by atoms with van der Waals surface area (Å²) in [4.78, 5) is 13.6. The summed E-state index contributed by atoms with van der Waals surface area (Å²) in [5, 5.41) is 0. The Bertz CT molecular complexity index is 713. The molecule has 0 aliphatic heterocycles. The average molecular weight is 351 g/mol. The molecule has 0 N–H and O–H groups in total. The molecule has 2 rings (SSSR count). The van der Waals surface area contributed by atoms with E-state index in [1.165, 1.54) is 22.3 Å². The van der Waals surface area contributed by atoms with E-state index in [1.54, 1.807) is 0 Å². The third-order valence-electron chi connectivity index (χ3n) is 5.17. The predicted octanol–water partition coefficient (Wildman–Crippen LogP) is 7.41. The van der Waals surface area contributed by atoms with E-state index in [0.29, 0.717) is 23.7 Å². The van der Waals surface area contributed by atoms with Gasteiger partial charge < -0.3 is 0 Å². The predicted molar refractivity (Wildman–Crippen MR) is 113 cm³/mol. The number of carbonyl (C=O) groups excluding carboxylic acids is 1. The molecule has 2 aromatic carbocycles. The van der Waals surface area contributed by atoms with Gasteiger partial charge in [-0.25, -0.2) is 0 Å². The smallest absolute Gasteiger partial charge is 0.193 e. The highest BCUT2D eigenvalue weighted by Gasteiger charge is 2.24. The van der Waals surface area contributed by atoms with Crippen LogP contribution < -0.4 is 0 Å². The van der Waals surface area contributed by atoms with Gasteiger partial charge >= 0.3 is 0 Å². The Morgan fingerprint density at radius 2 is 0.923 bits per heavy atom. The van der Waals surface area contributed by atoms with Crippen molar-refractivity contribution in [3.05, 3.63) is 69.8 Å². The van der Waals surface area contributed by atoms with E-state index in [0.717, 1.165) is 11.1 Å². The molecule has 0 unspecified atom stereocenters. The number of hydrogen-bond acceptors (Lipinski definition) is 1. The molecule has 0 amide bonds. The van der Waals surface area contributed by atoms with Gasteiger partial charge in [-0.2, -0.15) is 0 Å². The summed E-state index contributed by atoms with van der Waals surface area (Å²) in [6.07, 6.45) is 0. The van der Waals surface area contributed by atoms with E-state index in [9.17, 15) is 4.79 Å². The molecular formula is C25H34O. The molecule has 0 aromatic heterocycles. The Kier molecular flexibility index (Phi) is 6.44. The summed E-state index contributed by atoms with van der Waals surface area (Å²) in [5.41, 5.74) is 6.73. The minimum Gasteiger partial charge on any atom is -0.289 e. The van der Waals surface area contributed by atoms with Crippen molar-refractivity contribution in [3.63, 3.8) is 0 Å². The van der Waals surface area contributed by atoms with Crippen molar-refractivity contribution >= 4 is 5.78 Å². The Labute approximate surface area is 159 Å². The molecular weight excluding hydrogens is 316 g/mol. The average Bonchev–Trinajstić information content (AvgIpc) is 2.59. The first-order valence-electron chi connectivity index (χ1n) is 9.97.